The van der Waals surface area contributed by atoms with Crippen LogP contribution in [-0.2, 0) is 9.53 Å². The number of hydrogen-bond donors (Lipinski definition) is 2. The van der Waals surface area contributed by atoms with E-state index in [1.807, 2.05) is 48.5 Å². The molecule has 0 bridgehead atoms. The first-order chi connectivity index (χ1) is 17.9. The van der Waals surface area contributed by atoms with Crippen molar-refractivity contribution in [2.24, 2.45) is 0 Å². The minimum atomic E-state index is -0.777. The van der Waals surface area contributed by atoms with E-state index >= 15 is 0 Å². The molecule has 7 heteroatoms. The molecule has 1 atom stereocenters. The summed E-state index contributed by atoms with van der Waals surface area (Å²) in [4.78, 5) is 25.8. The Kier molecular flexibility index (Phi) is 6.27. The molecule has 0 aliphatic rings. The second-order valence-electron chi connectivity index (χ2n) is 8.61. The van der Waals surface area contributed by atoms with Gasteiger partial charge in [-0.1, -0.05) is 60.7 Å². The number of carbonyl (C=O) groups excluding carboxylic acids is 1. The number of carbonyl (C=O) groups is 1. The fourth-order valence-electron chi connectivity index (χ4n) is 4.80. The van der Waals surface area contributed by atoms with Gasteiger partial charge in [0.15, 0.2) is 5.43 Å². The van der Waals surface area contributed by atoms with Gasteiger partial charge >= 0.3 is 5.97 Å². The molecule has 1 aromatic heterocycles. The van der Waals surface area contributed by atoms with Crippen molar-refractivity contribution in [1.29, 1.82) is 0 Å². The third kappa shape index (κ3) is 4.25. The zero-order chi connectivity index (χ0) is 26.1. The van der Waals surface area contributed by atoms with E-state index in [-0.39, 0.29) is 34.5 Å². The van der Waals surface area contributed by atoms with Gasteiger partial charge in [0.05, 0.1) is 20.6 Å². The van der Waals surface area contributed by atoms with Crippen LogP contribution in [0.25, 0.3) is 33.1 Å². The van der Waals surface area contributed by atoms with Crippen molar-refractivity contribution in [2.45, 2.75) is 12.3 Å². The molecule has 0 saturated carbocycles. The van der Waals surface area contributed by atoms with E-state index in [0.29, 0.717) is 16.9 Å². The first-order valence-corrected chi connectivity index (χ1v) is 11.6. The fourth-order valence-corrected chi connectivity index (χ4v) is 4.80. The van der Waals surface area contributed by atoms with Gasteiger partial charge in [-0.3, -0.25) is 9.59 Å². The highest BCUT2D eigenvalue weighted by atomic mass is 16.5. The molecule has 0 saturated heterocycles. The quantitative estimate of drug-likeness (QED) is 0.289. The van der Waals surface area contributed by atoms with Crippen molar-refractivity contribution >= 4 is 27.7 Å². The Bertz CT molecular complexity index is 1690. The van der Waals surface area contributed by atoms with Gasteiger partial charge in [-0.25, -0.2) is 0 Å². The molecule has 0 radical (unpaired) electrons. The van der Waals surface area contributed by atoms with E-state index < -0.39 is 23.1 Å². The van der Waals surface area contributed by atoms with E-state index in [0.717, 1.165) is 16.8 Å². The molecule has 1 heterocycles. The monoisotopic (exact) mass is 496 g/mol. The molecule has 0 aliphatic heterocycles. The summed E-state index contributed by atoms with van der Waals surface area (Å²) in [5, 5.41) is 23.3. The van der Waals surface area contributed by atoms with Gasteiger partial charge in [0.2, 0.25) is 0 Å². The third-order valence-corrected chi connectivity index (χ3v) is 6.52. The summed E-state index contributed by atoms with van der Waals surface area (Å²) in [6, 6.07) is 22.6. The molecule has 0 unspecified atom stereocenters. The Morgan fingerprint density at radius 1 is 0.892 bits per heavy atom. The number of phenolic OH excluding ortho intramolecular Hbond substituents is 2. The zero-order valence-electron chi connectivity index (χ0n) is 20.2. The molecule has 5 rings (SSSR count). The molecule has 37 heavy (non-hydrogen) atoms. The predicted octanol–water partition coefficient (Wildman–Crippen LogP) is 5.73. The van der Waals surface area contributed by atoms with Crippen molar-refractivity contribution in [3.8, 4) is 28.6 Å². The van der Waals surface area contributed by atoms with Gasteiger partial charge < -0.3 is 24.1 Å². The molecule has 0 aliphatic carbocycles. The van der Waals surface area contributed by atoms with Crippen LogP contribution in [-0.4, -0.2) is 30.4 Å². The number of esters is 1. The molecular weight excluding hydrogens is 472 g/mol. The van der Waals surface area contributed by atoms with Crippen molar-refractivity contribution in [1.82, 2.24) is 0 Å². The minimum absolute atomic E-state index is 0.00217. The molecule has 0 spiro atoms. The molecule has 0 fully saturated rings. The Morgan fingerprint density at radius 3 is 2.30 bits per heavy atom. The molecule has 7 nitrogen and oxygen atoms in total. The first kappa shape index (κ1) is 23.9. The van der Waals surface area contributed by atoms with Gasteiger partial charge in [0.1, 0.15) is 34.0 Å². The van der Waals surface area contributed by atoms with Crippen LogP contribution >= 0.6 is 0 Å². The first-order valence-electron chi connectivity index (χ1n) is 11.6. The van der Waals surface area contributed by atoms with E-state index in [9.17, 15) is 19.8 Å². The molecule has 5 aromatic rings. The number of phenols is 2. The SMILES string of the molecule is COC(=O)C[C@@H](c1ccc(OC)c2ccccc12)c1c(O)cc(O)c2c(=O)cc(-c3ccccc3)oc12. The van der Waals surface area contributed by atoms with Gasteiger partial charge in [-0.15, -0.1) is 0 Å². The van der Waals surface area contributed by atoms with Crippen LogP contribution in [0.3, 0.4) is 0 Å². The van der Waals surface area contributed by atoms with Crippen molar-refractivity contribution < 1.29 is 28.9 Å². The lowest BCUT2D eigenvalue weighted by Crippen LogP contribution is -2.13. The van der Waals surface area contributed by atoms with Crippen LogP contribution in [0.2, 0.25) is 0 Å². The summed E-state index contributed by atoms with van der Waals surface area (Å²) in [5.74, 6) is -1.12. The number of hydrogen-bond acceptors (Lipinski definition) is 7. The lowest BCUT2D eigenvalue weighted by Gasteiger charge is -2.22. The summed E-state index contributed by atoms with van der Waals surface area (Å²) in [5.41, 5.74) is 1.06. The lowest BCUT2D eigenvalue weighted by molar-refractivity contribution is -0.140. The zero-order valence-corrected chi connectivity index (χ0v) is 20.2. The highest BCUT2D eigenvalue weighted by Gasteiger charge is 2.29. The number of benzene rings is 4. The van der Waals surface area contributed by atoms with Crippen molar-refractivity contribution in [3.05, 3.63) is 100 Å². The van der Waals surface area contributed by atoms with Gasteiger partial charge in [-0.2, -0.15) is 0 Å². The maximum absolute atomic E-state index is 13.2. The van der Waals surface area contributed by atoms with Gasteiger partial charge in [-0.05, 0) is 17.0 Å². The maximum atomic E-state index is 13.2. The number of aromatic hydroxyl groups is 2. The summed E-state index contributed by atoms with van der Waals surface area (Å²) >= 11 is 0. The fraction of sp³-hybridized carbons (Fsp3) is 0.133. The molecule has 4 aromatic carbocycles. The summed E-state index contributed by atoms with van der Waals surface area (Å²) < 4.78 is 16.7. The third-order valence-electron chi connectivity index (χ3n) is 6.52. The smallest absolute Gasteiger partial charge is 0.306 e. The van der Waals surface area contributed by atoms with Crippen molar-refractivity contribution in [3.63, 3.8) is 0 Å². The van der Waals surface area contributed by atoms with Gasteiger partial charge in [0.25, 0.3) is 0 Å². The second kappa shape index (κ2) is 9.70. The Hall–Kier alpha value is -4.78. The Morgan fingerprint density at radius 2 is 1.59 bits per heavy atom. The number of ether oxygens (including phenoxy) is 2. The van der Waals surface area contributed by atoms with Crippen LogP contribution < -0.4 is 10.2 Å². The maximum Gasteiger partial charge on any atom is 0.306 e. The largest absolute Gasteiger partial charge is 0.507 e. The molecule has 2 N–H and O–H groups in total. The number of rotatable bonds is 6. The van der Waals surface area contributed by atoms with E-state index in [1.54, 1.807) is 25.3 Å². The van der Waals surface area contributed by atoms with E-state index in [1.165, 1.54) is 13.2 Å². The highest BCUT2D eigenvalue weighted by Crippen LogP contribution is 2.45. The van der Waals surface area contributed by atoms with Gasteiger partial charge in [0, 0.05) is 34.6 Å². The summed E-state index contributed by atoms with van der Waals surface area (Å²) in [6.07, 6.45) is -0.153. The summed E-state index contributed by atoms with van der Waals surface area (Å²) in [7, 11) is 2.86. The predicted molar refractivity (Wildman–Crippen MR) is 140 cm³/mol. The standard InChI is InChI=1S/C30H24O7/c1-35-25-13-12-19(18-10-6-7-11-20(18)25)21(14-27(34)36-2)28-22(31)15-23(32)29-24(33)16-26(37-30(28)29)17-8-4-3-5-9-17/h3-13,15-16,21,31-32H,14H2,1-2H3/t21-/m0/s1. The number of methoxy groups -OCH3 is 2. The highest BCUT2D eigenvalue weighted by molar-refractivity contribution is 5.95. The molecule has 186 valence electrons. The summed E-state index contributed by atoms with van der Waals surface area (Å²) in [6.45, 7) is 0. The lowest BCUT2D eigenvalue weighted by atomic mass is 9.83. The molecule has 0 amide bonds. The average Bonchev–Trinajstić information content (AvgIpc) is 2.91. The normalized spacial score (nSPS) is 11.9. The van der Waals surface area contributed by atoms with Crippen LogP contribution in [0, 0.1) is 0 Å². The topological polar surface area (TPSA) is 106 Å². The van der Waals surface area contributed by atoms with E-state index in [4.69, 9.17) is 13.9 Å². The van der Waals surface area contributed by atoms with E-state index in [2.05, 4.69) is 0 Å². The average molecular weight is 497 g/mol. The second-order valence-corrected chi connectivity index (χ2v) is 8.61. The van der Waals surface area contributed by atoms with Crippen LogP contribution in [0.1, 0.15) is 23.5 Å². The van der Waals surface area contributed by atoms with Crippen LogP contribution in [0.5, 0.6) is 17.2 Å². The van der Waals surface area contributed by atoms with Crippen LogP contribution in [0.15, 0.2) is 88.1 Å². The minimum Gasteiger partial charge on any atom is -0.507 e. The Balaban J connectivity index is 1.86. The molecular formula is C30H24O7. The van der Waals surface area contributed by atoms with Crippen LogP contribution in [0.4, 0.5) is 0 Å². The Labute approximate surface area is 212 Å². The number of fused-ring (bicyclic) bond motifs is 2. The van der Waals surface area contributed by atoms with Crippen molar-refractivity contribution in [2.75, 3.05) is 14.2 Å².